The number of para-hydroxylation sites is 1. The molecule has 0 aromatic heterocycles. The molecule has 0 amide bonds. The van der Waals surface area contributed by atoms with Crippen molar-refractivity contribution in [2.45, 2.75) is 20.1 Å². The van der Waals surface area contributed by atoms with Crippen LogP contribution in [0, 0.1) is 6.92 Å². The lowest BCUT2D eigenvalue weighted by Gasteiger charge is -2.17. The van der Waals surface area contributed by atoms with Gasteiger partial charge in [-0.25, -0.2) is 0 Å². The number of anilines is 1. The first-order valence-electron chi connectivity index (χ1n) is 8.50. The number of halogens is 1. The first-order chi connectivity index (χ1) is 12.7. The van der Waals surface area contributed by atoms with E-state index >= 15 is 0 Å². The Morgan fingerprint density at radius 3 is 2.35 bits per heavy atom. The molecule has 0 saturated heterocycles. The van der Waals surface area contributed by atoms with Crippen LogP contribution in [0.4, 0.5) is 5.69 Å². The molecule has 3 aromatic carbocycles. The van der Waals surface area contributed by atoms with Crippen molar-refractivity contribution in [3.8, 4) is 11.5 Å². The van der Waals surface area contributed by atoms with Crippen LogP contribution in [0.15, 0.2) is 66.7 Å². The van der Waals surface area contributed by atoms with Crippen LogP contribution in [0.25, 0.3) is 0 Å². The van der Waals surface area contributed by atoms with Gasteiger partial charge in [-0.2, -0.15) is 0 Å². The van der Waals surface area contributed by atoms with Crippen LogP contribution in [0.3, 0.4) is 0 Å². The maximum absolute atomic E-state index is 6.15. The Balaban J connectivity index is 1.77. The summed E-state index contributed by atoms with van der Waals surface area (Å²) in [5, 5.41) is 4.12. The molecule has 0 aliphatic heterocycles. The van der Waals surface area contributed by atoms with Gasteiger partial charge in [0.25, 0.3) is 0 Å². The Hall–Kier alpha value is -2.65. The van der Waals surface area contributed by atoms with E-state index in [1.165, 1.54) is 5.56 Å². The van der Waals surface area contributed by atoms with Crippen LogP contribution in [0.5, 0.6) is 11.5 Å². The molecule has 3 aromatic rings. The second-order valence-corrected chi connectivity index (χ2v) is 6.46. The number of hydrogen-bond acceptors (Lipinski definition) is 3. The molecule has 1 N–H and O–H groups in total. The van der Waals surface area contributed by atoms with Gasteiger partial charge in [-0.05, 0) is 48.4 Å². The summed E-state index contributed by atoms with van der Waals surface area (Å²) in [5.74, 6) is 1.49. The summed E-state index contributed by atoms with van der Waals surface area (Å²) in [6, 6.07) is 21.8. The number of hydrogen-bond donors (Lipinski definition) is 1. The number of rotatable bonds is 7. The van der Waals surface area contributed by atoms with Gasteiger partial charge in [-0.15, -0.1) is 0 Å². The number of methoxy groups -OCH3 is 1. The maximum Gasteiger partial charge on any atom is 0.166 e. The molecular weight excluding hydrogens is 346 g/mol. The molecule has 0 atom stereocenters. The number of ether oxygens (including phenoxy) is 2. The van der Waals surface area contributed by atoms with Gasteiger partial charge >= 0.3 is 0 Å². The zero-order chi connectivity index (χ0) is 18.4. The highest BCUT2D eigenvalue weighted by Gasteiger charge is 2.11. The van der Waals surface area contributed by atoms with Crippen molar-refractivity contribution >= 4 is 17.3 Å². The molecule has 0 unspecified atom stereocenters. The fourth-order valence-corrected chi connectivity index (χ4v) is 2.84. The highest BCUT2D eigenvalue weighted by Crippen LogP contribution is 2.32. The minimum atomic E-state index is 0.501. The fraction of sp³-hybridized carbons (Fsp3) is 0.182. The second kappa shape index (κ2) is 8.63. The lowest BCUT2D eigenvalue weighted by atomic mass is 10.1. The van der Waals surface area contributed by atoms with Crippen molar-refractivity contribution in [1.29, 1.82) is 0 Å². The summed E-state index contributed by atoms with van der Waals surface area (Å²) >= 11 is 5.94. The molecule has 0 aliphatic carbocycles. The monoisotopic (exact) mass is 367 g/mol. The van der Waals surface area contributed by atoms with Gasteiger partial charge < -0.3 is 14.8 Å². The van der Waals surface area contributed by atoms with Gasteiger partial charge in [0, 0.05) is 22.8 Å². The lowest BCUT2D eigenvalue weighted by Crippen LogP contribution is -2.05. The molecule has 0 spiro atoms. The van der Waals surface area contributed by atoms with Gasteiger partial charge in [0.2, 0.25) is 0 Å². The van der Waals surface area contributed by atoms with Crippen LogP contribution >= 0.6 is 11.6 Å². The van der Waals surface area contributed by atoms with Crippen molar-refractivity contribution in [2.24, 2.45) is 0 Å². The third-order valence-electron chi connectivity index (χ3n) is 4.24. The van der Waals surface area contributed by atoms with E-state index in [0.717, 1.165) is 33.3 Å². The Morgan fingerprint density at radius 2 is 1.62 bits per heavy atom. The standard InChI is InChI=1S/C22H22ClNO2/c1-16-6-3-4-7-18(16)15-26-22-17(8-5-9-21(22)25-2)14-24-20-12-10-19(23)11-13-20/h3-13,24H,14-15H2,1-2H3. The smallest absolute Gasteiger partial charge is 0.166 e. The number of benzene rings is 3. The van der Waals surface area contributed by atoms with E-state index in [0.29, 0.717) is 13.2 Å². The van der Waals surface area contributed by atoms with E-state index in [-0.39, 0.29) is 0 Å². The first kappa shape index (κ1) is 18.2. The van der Waals surface area contributed by atoms with Crippen LogP contribution < -0.4 is 14.8 Å². The molecule has 0 heterocycles. The SMILES string of the molecule is COc1cccc(CNc2ccc(Cl)cc2)c1OCc1ccccc1C. The number of nitrogens with one attached hydrogen (secondary N) is 1. The molecular formula is C22H22ClNO2. The maximum atomic E-state index is 6.15. The Bertz CT molecular complexity index is 862. The summed E-state index contributed by atoms with van der Waals surface area (Å²) in [6.07, 6.45) is 0. The van der Waals surface area contributed by atoms with E-state index in [1.54, 1.807) is 7.11 Å². The molecule has 4 heteroatoms. The van der Waals surface area contributed by atoms with E-state index in [9.17, 15) is 0 Å². The second-order valence-electron chi connectivity index (χ2n) is 6.02. The highest BCUT2D eigenvalue weighted by atomic mass is 35.5. The minimum absolute atomic E-state index is 0.501. The Kier molecular flexibility index (Phi) is 6.03. The molecule has 0 fully saturated rings. The average Bonchev–Trinajstić information content (AvgIpc) is 2.67. The van der Waals surface area contributed by atoms with Crippen LogP contribution in [0.2, 0.25) is 5.02 Å². The lowest BCUT2D eigenvalue weighted by molar-refractivity contribution is 0.281. The first-order valence-corrected chi connectivity index (χ1v) is 8.88. The zero-order valence-corrected chi connectivity index (χ0v) is 15.7. The van der Waals surface area contributed by atoms with Gasteiger partial charge in [0.05, 0.1) is 7.11 Å². The highest BCUT2D eigenvalue weighted by molar-refractivity contribution is 6.30. The zero-order valence-electron chi connectivity index (χ0n) is 15.0. The molecule has 3 nitrogen and oxygen atoms in total. The van der Waals surface area contributed by atoms with Gasteiger partial charge in [-0.1, -0.05) is 48.0 Å². The molecule has 0 saturated carbocycles. The number of aryl methyl sites for hydroxylation is 1. The molecule has 3 rings (SSSR count). The van der Waals surface area contributed by atoms with E-state index in [4.69, 9.17) is 21.1 Å². The summed E-state index contributed by atoms with van der Waals surface area (Å²) in [6.45, 7) is 3.22. The normalized spacial score (nSPS) is 10.4. The van der Waals surface area contributed by atoms with E-state index in [2.05, 4.69) is 24.4 Å². The van der Waals surface area contributed by atoms with Crippen molar-refractivity contribution in [1.82, 2.24) is 0 Å². The fourth-order valence-electron chi connectivity index (χ4n) is 2.71. The van der Waals surface area contributed by atoms with Gasteiger partial charge in [0.15, 0.2) is 11.5 Å². The largest absolute Gasteiger partial charge is 0.493 e. The molecule has 0 aliphatic rings. The van der Waals surface area contributed by atoms with E-state index < -0.39 is 0 Å². The topological polar surface area (TPSA) is 30.5 Å². The van der Waals surface area contributed by atoms with E-state index in [1.807, 2.05) is 54.6 Å². The molecule has 0 bridgehead atoms. The summed E-state index contributed by atoms with van der Waals surface area (Å²) < 4.78 is 11.6. The average molecular weight is 368 g/mol. The molecule has 0 radical (unpaired) electrons. The Morgan fingerprint density at radius 1 is 0.885 bits per heavy atom. The summed E-state index contributed by atoms with van der Waals surface area (Å²) in [4.78, 5) is 0. The third-order valence-corrected chi connectivity index (χ3v) is 4.49. The summed E-state index contributed by atoms with van der Waals surface area (Å²) in [5.41, 5.74) is 4.41. The van der Waals surface area contributed by atoms with Crippen molar-refractivity contribution in [3.63, 3.8) is 0 Å². The third kappa shape index (κ3) is 4.50. The van der Waals surface area contributed by atoms with Crippen LogP contribution in [-0.2, 0) is 13.2 Å². The minimum Gasteiger partial charge on any atom is -0.493 e. The van der Waals surface area contributed by atoms with Crippen molar-refractivity contribution < 1.29 is 9.47 Å². The van der Waals surface area contributed by atoms with Crippen LogP contribution in [0.1, 0.15) is 16.7 Å². The van der Waals surface area contributed by atoms with Crippen molar-refractivity contribution in [3.05, 3.63) is 88.4 Å². The van der Waals surface area contributed by atoms with Gasteiger partial charge in [-0.3, -0.25) is 0 Å². The molecule has 134 valence electrons. The van der Waals surface area contributed by atoms with Crippen molar-refractivity contribution in [2.75, 3.05) is 12.4 Å². The predicted molar refractivity (Wildman–Crippen MR) is 107 cm³/mol. The van der Waals surface area contributed by atoms with Gasteiger partial charge in [0.1, 0.15) is 6.61 Å². The van der Waals surface area contributed by atoms with Crippen LogP contribution in [-0.4, -0.2) is 7.11 Å². The quantitative estimate of drug-likeness (QED) is 0.568. The predicted octanol–water partition coefficient (Wildman–Crippen LogP) is 5.85. The Labute approximate surface area is 159 Å². The molecule has 26 heavy (non-hydrogen) atoms. The summed E-state index contributed by atoms with van der Waals surface area (Å²) in [7, 11) is 1.66.